The highest BCUT2D eigenvalue weighted by atomic mass is 32.1. The van der Waals surface area contributed by atoms with E-state index in [1.54, 1.807) is 6.07 Å². The van der Waals surface area contributed by atoms with Crippen LogP contribution in [0, 0.1) is 0 Å². The Morgan fingerprint density at radius 1 is 1.16 bits per heavy atom. The smallest absolute Gasteiger partial charge is 0.408 e. The van der Waals surface area contributed by atoms with Crippen molar-refractivity contribution < 1.29 is 22.7 Å². The summed E-state index contributed by atoms with van der Waals surface area (Å²) in [6.45, 7) is 6.26. The summed E-state index contributed by atoms with van der Waals surface area (Å²) in [6, 6.07) is 12.2. The number of carbonyl (C=O) groups is 1. The summed E-state index contributed by atoms with van der Waals surface area (Å²) in [7, 11) is 1.96. The van der Waals surface area contributed by atoms with E-state index < -0.39 is 29.8 Å². The Hall–Kier alpha value is -3.44. The fourth-order valence-corrected chi connectivity index (χ4v) is 6.99. The molecule has 2 aliphatic rings. The van der Waals surface area contributed by atoms with Gasteiger partial charge in [-0.2, -0.15) is 13.2 Å². The second-order valence-electron chi connectivity index (χ2n) is 12.8. The molecule has 2 heterocycles. The molecule has 1 aromatic carbocycles. The molecule has 0 saturated heterocycles. The fraction of sp³-hybridized carbons (Fsp3) is 0.485. The van der Waals surface area contributed by atoms with Crippen molar-refractivity contribution in [2.24, 2.45) is 0 Å². The number of thiophene rings is 1. The third-order valence-corrected chi connectivity index (χ3v) is 9.12. The number of amides is 1. The quantitative estimate of drug-likeness (QED) is 0.263. The molecule has 11 heteroatoms. The van der Waals surface area contributed by atoms with Crippen molar-refractivity contribution >= 4 is 33.5 Å². The number of benzene rings is 1. The summed E-state index contributed by atoms with van der Waals surface area (Å²) in [6.07, 6.45) is 6.26. The molecule has 7 nitrogen and oxygen atoms in total. The number of hydrogen-bond acceptors (Lipinski definition) is 7. The van der Waals surface area contributed by atoms with E-state index in [4.69, 9.17) is 4.74 Å². The fourth-order valence-electron chi connectivity index (χ4n) is 5.97. The van der Waals surface area contributed by atoms with E-state index in [2.05, 4.69) is 55.9 Å². The van der Waals surface area contributed by atoms with Crippen molar-refractivity contribution in [2.45, 2.75) is 88.7 Å². The number of alkyl halides is 3. The Labute approximate surface area is 260 Å². The molecular weight excluding hydrogens is 587 g/mol. The zero-order valence-corrected chi connectivity index (χ0v) is 26.4. The lowest BCUT2D eigenvalue weighted by molar-refractivity contribution is -0.126. The zero-order valence-electron chi connectivity index (χ0n) is 25.6. The Bertz CT molecular complexity index is 1520. The number of halogens is 3. The molecule has 1 unspecified atom stereocenters. The first-order chi connectivity index (χ1) is 20.8. The van der Waals surface area contributed by atoms with Gasteiger partial charge < -0.3 is 20.3 Å². The molecule has 5 rings (SSSR count). The van der Waals surface area contributed by atoms with Gasteiger partial charge in [-0.25, -0.2) is 14.8 Å². The van der Waals surface area contributed by atoms with E-state index in [1.807, 2.05) is 46.0 Å². The molecule has 1 fully saturated rings. The van der Waals surface area contributed by atoms with E-state index in [0.29, 0.717) is 41.5 Å². The van der Waals surface area contributed by atoms with Crippen LogP contribution in [0.2, 0.25) is 0 Å². The Balaban J connectivity index is 1.19. The molecule has 44 heavy (non-hydrogen) atoms. The highest BCUT2D eigenvalue weighted by Crippen LogP contribution is 2.36. The third-order valence-electron chi connectivity index (χ3n) is 8.07. The lowest BCUT2D eigenvalue weighted by Crippen LogP contribution is -2.50. The van der Waals surface area contributed by atoms with Crippen molar-refractivity contribution in [1.82, 2.24) is 20.6 Å². The van der Waals surface area contributed by atoms with E-state index in [9.17, 15) is 18.0 Å². The summed E-state index contributed by atoms with van der Waals surface area (Å²) < 4.78 is 44.5. The molecule has 0 radical (unpaired) electrons. The van der Waals surface area contributed by atoms with Crippen molar-refractivity contribution in [1.29, 1.82) is 0 Å². The van der Waals surface area contributed by atoms with Gasteiger partial charge in [0.25, 0.3) is 0 Å². The topological polar surface area (TPSA) is 79.4 Å². The number of nitrogens with one attached hydrogen (secondary N) is 2. The molecule has 0 spiro atoms. The minimum absolute atomic E-state index is 0.212. The maximum absolute atomic E-state index is 13.0. The van der Waals surface area contributed by atoms with Gasteiger partial charge in [0.1, 0.15) is 22.6 Å². The van der Waals surface area contributed by atoms with Crippen LogP contribution >= 0.6 is 11.3 Å². The largest absolute Gasteiger partial charge is 0.444 e. The van der Waals surface area contributed by atoms with Crippen LogP contribution < -0.4 is 15.5 Å². The Morgan fingerprint density at radius 3 is 2.61 bits per heavy atom. The van der Waals surface area contributed by atoms with E-state index >= 15 is 0 Å². The summed E-state index contributed by atoms with van der Waals surface area (Å²) in [5.74, 6) is 0.676. The lowest BCUT2D eigenvalue weighted by atomic mass is 9.83. The predicted molar refractivity (Wildman–Crippen MR) is 169 cm³/mol. The van der Waals surface area contributed by atoms with Crippen LogP contribution in [0.1, 0.15) is 56.9 Å². The number of rotatable bonds is 9. The summed E-state index contributed by atoms with van der Waals surface area (Å²) in [5, 5.41) is 7.49. The normalized spacial score (nSPS) is 22.2. The zero-order chi connectivity index (χ0) is 31.5. The monoisotopic (exact) mass is 627 g/mol. The molecule has 2 aliphatic carbocycles. The van der Waals surface area contributed by atoms with E-state index in [1.165, 1.54) is 6.33 Å². The molecule has 2 aromatic heterocycles. The third kappa shape index (κ3) is 8.38. The van der Waals surface area contributed by atoms with Gasteiger partial charge >= 0.3 is 12.3 Å². The maximum Gasteiger partial charge on any atom is 0.408 e. The number of nitrogens with zero attached hydrogens (tertiary/aromatic N) is 3. The highest BCUT2D eigenvalue weighted by molar-refractivity contribution is 7.18. The van der Waals surface area contributed by atoms with E-state index in [-0.39, 0.29) is 10.9 Å². The van der Waals surface area contributed by atoms with E-state index in [0.717, 1.165) is 41.7 Å². The number of fused-ring (bicyclic) bond motifs is 1. The first kappa shape index (κ1) is 32.0. The van der Waals surface area contributed by atoms with Crippen LogP contribution in [0.15, 0.2) is 66.5 Å². The Kier molecular flexibility index (Phi) is 9.36. The molecule has 1 amide bonds. The Morgan fingerprint density at radius 2 is 1.93 bits per heavy atom. The van der Waals surface area contributed by atoms with Crippen LogP contribution in [0.5, 0.6) is 0 Å². The first-order valence-electron chi connectivity index (χ1n) is 15.0. The predicted octanol–water partition coefficient (Wildman–Crippen LogP) is 7.14. The van der Waals surface area contributed by atoms with Crippen molar-refractivity contribution in [2.75, 3.05) is 18.5 Å². The number of ether oxygens (including phenoxy) is 1. The van der Waals surface area contributed by atoms with Crippen LogP contribution in [-0.2, 0) is 17.6 Å². The van der Waals surface area contributed by atoms with Gasteiger partial charge in [0.15, 0.2) is 0 Å². The average Bonchev–Trinajstić information content (AvgIpc) is 3.57. The molecule has 0 bridgehead atoms. The lowest BCUT2D eigenvalue weighted by Gasteiger charge is -2.34. The summed E-state index contributed by atoms with van der Waals surface area (Å²) in [5.41, 5.74) is 1.11. The average molecular weight is 628 g/mol. The van der Waals surface area contributed by atoms with Gasteiger partial charge in [-0.1, -0.05) is 48.6 Å². The number of carbonyl (C=O) groups excluding carboxylic acids is 1. The number of anilines is 1. The molecule has 1 saturated carbocycles. The minimum Gasteiger partial charge on any atom is -0.444 e. The van der Waals surface area contributed by atoms with Crippen molar-refractivity contribution in [3.05, 3.63) is 77.0 Å². The summed E-state index contributed by atoms with van der Waals surface area (Å²) in [4.78, 5) is 24.4. The van der Waals surface area contributed by atoms with Gasteiger partial charge in [-0.15, -0.1) is 11.3 Å². The van der Waals surface area contributed by atoms with Gasteiger partial charge in [-0.05, 0) is 70.1 Å². The first-order valence-corrected chi connectivity index (χ1v) is 15.8. The molecule has 3 aromatic rings. The number of hydrogen-bond donors (Lipinski definition) is 2. The maximum atomic E-state index is 13.0. The van der Waals surface area contributed by atoms with Gasteiger partial charge in [-0.3, -0.25) is 0 Å². The standard InChI is InChI=1S/C33H40F3N5O2S/c1-31(2,3)43-30(42)40-32(18-22-8-6-5-7-9-22)14-12-23(13-15-32)20-37-24-10-11-25(16-24)41(4)28-27-17-26(19-33(34,35)36)44-29(27)39-21-38-28/h5-9,12-14,17,21,24-25,37H,10-11,15-16,18-20H2,1-4H3,(H,40,42)/t24-,25+,32?/m0/s1. The SMILES string of the molecule is CN(c1ncnc2sc(CC(F)(F)F)cc12)[C@@H]1CC[C@H](NCC2=CCC(Cc3ccccc3)(NC(=O)OC(C)(C)C)C=C2)C1. The van der Waals surface area contributed by atoms with Crippen molar-refractivity contribution in [3.8, 4) is 0 Å². The highest BCUT2D eigenvalue weighted by Gasteiger charge is 2.34. The molecule has 236 valence electrons. The van der Waals surface area contributed by atoms with Gasteiger partial charge in [0.2, 0.25) is 0 Å². The summed E-state index contributed by atoms with van der Waals surface area (Å²) >= 11 is 1.08. The molecule has 0 aliphatic heterocycles. The number of alkyl carbamates (subject to hydrolysis) is 1. The second-order valence-corrected chi connectivity index (χ2v) is 14.0. The van der Waals surface area contributed by atoms with Crippen LogP contribution in [0.4, 0.5) is 23.8 Å². The minimum atomic E-state index is -4.26. The van der Waals surface area contributed by atoms with Gasteiger partial charge in [0.05, 0.1) is 17.3 Å². The molecule has 3 atom stereocenters. The van der Waals surface area contributed by atoms with Gasteiger partial charge in [0, 0.05) is 30.6 Å². The van der Waals surface area contributed by atoms with Crippen LogP contribution in [0.25, 0.3) is 10.2 Å². The molecule has 2 N–H and O–H groups in total. The second kappa shape index (κ2) is 12.9. The van der Waals surface area contributed by atoms with Crippen LogP contribution in [0.3, 0.4) is 0 Å². The number of aromatic nitrogens is 2. The van der Waals surface area contributed by atoms with Crippen molar-refractivity contribution in [3.63, 3.8) is 0 Å². The molecular formula is C33H40F3N5O2S. The van der Waals surface area contributed by atoms with Crippen LogP contribution in [-0.4, -0.2) is 59.1 Å².